The molecule has 0 unspecified atom stereocenters. The summed E-state index contributed by atoms with van der Waals surface area (Å²) < 4.78 is 2.73. The van der Waals surface area contributed by atoms with Crippen molar-refractivity contribution >= 4 is 40.0 Å². The molecule has 3 rings (SSSR count). The molecule has 1 aromatic heterocycles. The number of carbonyl (C=O) groups excluding carboxylic acids is 1. The topological polar surface area (TPSA) is 69.0 Å². The first-order chi connectivity index (χ1) is 13.5. The zero-order valence-corrected chi connectivity index (χ0v) is 17.5. The van der Waals surface area contributed by atoms with Gasteiger partial charge in [0.2, 0.25) is 0 Å². The lowest BCUT2D eigenvalue weighted by atomic mass is 10.1. The maximum Gasteiger partial charge on any atom is 0.280 e. The highest BCUT2D eigenvalue weighted by Crippen LogP contribution is 2.33. The number of hydrogen-bond acceptors (Lipinski definition) is 6. The Hall–Kier alpha value is -2.82. The van der Waals surface area contributed by atoms with E-state index in [4.69, 9.17) is 5.26 Å². The van der Waals surface area contributed by atoms with Crippen LogP contribution in [-0.4, -0.2) is 17.1 Å². The average Bonchev–Trinajstić information content (AvgIpc) is 3.09. The van der Waals surface area contributed by atoms with Crippen molar-refractivity contribution in [1.29, 1.82) is 5.26 Å². The standard InChI is InChI=1S/C21H20N4OS2/c1-14-4-6-17(7-5-14)13-25(18-10-8-16(12-22)9-11-18)21-23-19(15(2)28-21)20(26)24-27-3/h4-11H,13H2,1-3H3,(H,24,26). The number of amides is 1. The molecule has 1 N–H and O–H groups in total. The summed E-state index contributed by atoms with van der Waals surface area (Å²) in [5.41, 5.74) is 4.31. The Morgan fingerprint density at radius 2 is 1.86 bits per heavy atom. The normalized spacial score (nSPS) is 10.4. The molecular formula is C21H20N4OS2. The van der Waals surface area contributed by atoms with E-state index >= 15 is 0 Å². The van der Waals surface area contributed by atoms with Crippen molar-refractivity contribution in [3.63, 3.8) is 0 Å². The van der Waals surface area contributed by atoms with Crippen LogP contribution in [0, 0.1) is 25.2 Å². The molecule has 0 aliphatic carbocycles. The van der Waals surface area contributed by atoms with Gasteiger partial charge in [-0.15, -0.1) is 11.3 Å². The van der Waals surface area contributed by atoms with Gasteiger partial charge >= 0.3 is 0 Å². The summed E-state index contributed by atoms with van der Waals surface area (Å²) in [7, 11) is 0. The minimum absolute atomic E-state index is 0.192. The van der Waals surface area contributed by atoms with E-state index in [1.165, 1.54) is 28.8 Å². The molecule has 0 atom stereocenters. The molecule has 2 aromatic carbocycles. The van der Waals surface area contributed by atoms with E-state index in [1.54, 1.807) is 18.4 Å². The lowest BCUT2D eigenvalue weighted by molar-refractivity contribution is 0.0980. The zero-order valence-electron chi connectivity index (χ0n) is 15.9. The van der Waals surface area contributed by atoms with Crippen LogP contribution >= 0.6 is 23.3 Å². The van der Waals surface area contributed by atoms with Crippen LogP contribution in [0.5, 0.6) is 0 Å². The number of nitrogens with zero attached hydrogens (tertiary/aromatic N) is 3. The third-order valence-corrected chi connectivity index (χ3v) is 5.58. The van der Waals surface area contributed by atoms with Crippen molar-refractivity contribution in [3.05, 3.63) is 75.8 Å². The van der Waals surface area contributed by atoms with Gasteiger partial charge < -0.3 is 4.90 Å². The predicted octanol–water partition coefficient (Wildman–Crippen LogP) is 4.98. The zero-order chi connectivity index (χ0) is 20.1. The molecule has 28 heavy (non-hydrogen) atoms. The molecule has 0 saturated carbocycles. The van der Waals surface area contributed by atoms with Crippen LogP contribution in [0.4, 0.5) is 10.8 Å². The maximum atomic E-state index is 12.3. The summed E-state index contributed by atoms with van der Waals surface area (Å²) in [6, 6.07) is 17.9. The van der Waals surface area contributed by atoms with Crippen molar-refractivity contribution in [2.45, 2.75) is 20.4 Å². The third-order valence-electron chi connectivity index (χ3n) is 4.20. The van der Waals surface area contributed by atoms with Gasteiger partial charge in [0.1, 0.15) is 5.69 Å². The summed E-state index contributed by atoms with van der Waals surface area (Å²) >= 11 is 2.74. The number of carbonyl (C=O) groups is 1. The lowest BCUT2D eigenvalue weighted by Crippen LogP contribution is -2.19. The Labute approximate surface area is 173 Å². The number of hydrogen-bond donors (Lipinski definition) is 1. The second-order valence-corrected chi connectivity index (χ2v) is 8.06. The number of benzene rings is 2. The molecule has 3 aromatic rings. The summed E-state index contributed by atoms with van der Waals surface area (Å²) in [4.78, 5) is 19.8. The number of rotatable bonds is 6. The Kier molecular flexibility index (Phi) is 6.34. The van der Waals surface area contributed by atoms with Crippen LogP contribution < -0.4 is 9.62 Å². The second kappa shape index (κ2) is 8.91. The van der Waals surface area contributed by atoms with Gasteiger partial charge in [-0.1, -0.05) is 41.8 Å². The predicted molar refractivity (Wildman–Crippen MR) is 116 cm³/mol. The van der Waals surface area contributed by atoms with Gasteiger partial charge in [0.25, 0.3) is 5.91 Å². The molecule has 1 heterocycles. The number of aromatic nitrogens is 1. The fourth-order valence-corrected chi connectivity index (χ4v) is 3.92. The quantitative estimate of drug-likeness (QED) is 0.583. The Balaban J connectivity index is 2.00. The van der Waals surface area contributed by atoms with Gasteiger partial charge in [-0.2, -0.15) is 5.26 Å². The monoisotopic (exact) mass is 408 g/mol. The minimum atomic E-state index is -0.192. The van der Waals surface area contributed by atoms with E-state index in [-0.39, 0.29) is 5.91 Å². The Morgan fingerprint density at radius 1 is 1.18 bits per heavy atom. The summed E-state index contributed by atoms with van der Waals surface area (Å²) in [6.07, 6.45) is 1.81. The Morgan fingerprint density at radius 3 is 2.46 bits per heavy atom. The van der Waals surface area contributed by atoms with Gasteiger partial charge in [-0.05, 0) is 43.7 Å². The van der Waals surface area contributed by atoms with E-state index in [2.05, 4.69) is 51.9 Å². The van der Waals surface area contributed by atoms with Crippen LogP contribution in [0.15, 0.2) is 48.5 Å². The van der Waals surface area contributed by atoms with E-state index in [0.29, 0.717) is 17.8 Å². The third kappa shape index (κ3) is 4.53. The molecule has 0 aliphatic heterocycles. The van der Waals surface area contributed by atoms with E-state index in [9.17, 15) is 4.79 Å². The number of aryl methyl sites for hydroxylation is 2. The van der Waals surface area contributed by atoms with Gasteiger partial charge in [0, 0.05) is 16.8 Å². The SMILES string of the molecule is CSNC(=O)c1nc(N(Cc2ccc(C)cc2)c2ccc(C#N)cc2)sc1C. The highest BCUT2D eigenvalue weighted by molar-refractivity contribution is 7.97. The maximum absolute atomic E-state index is 12.3. The molecule has 0 radical (unpaired) electrons. The fourth-order valence-electron chi connectivity index (χ4n) is 2.71. The molecule has 5 nitrogen and oxygen atoms in total. The van der Waals surface area contributed by atoms with E-state index in [0.717, 1.165) is 21.3 Å². The minimum Gasteiger partial charge on any atom is -0.313 e. The molecule has 1 amide bonds. The smallest absolute Gasteiger partial charge is 0.280 e. The van der Waals surface area contributed by atoms with Crippen molar-refractivity contribution < 1.29 is 4.79 Å². The largest absolute Gasteiger partial charge is 0.313 e. The number of thiazole rings is 1. The highest BCUT2D eigenvalue weighted by Gasteiger charge is 2.20. The van der Waals surface area contributed by atoms with Crippen molar-refractivity contribution in [3.8, 4) is 6.07 Å². The Bertz CT molecular complexity index is 1000. The van der Waals surface area contributed by atoms with Crippen molar-refractivity contribution in [2.75, 3.05) is 11.2 Å². The highest BCUT2D eigenvalue weighted by atomic mass is 32.2. The molecule has 0 saturated heterocycles. The summed E-state index contributed by atoms with van der Waals surface area (Å²) in [5.74, 6) is -0.192. The summed E-state index contributed by atoms with van der Waals surface area (Å²) in [6.45, 7) is 4.57. The van der Waals surface area contributed by atoms with Crippen LogP contribution in [0.1, 0.15) is 32.1 Å². The van der Waals surface area contributed by atoms with Crippen molar-refractivity contribution in [1.82, 2.24) is 9.71 Å². The first-order valence-corrected chi connectivity index (χ1v) is 10.7. The van der Waals surface area contributed by atoms with E-state index < -0.39 is 0 Å². The number of anilines is 2. The number of nitriles is 1. The van der Waals surface area contributed by atoms with Gasteiger partial charge in [0.15, 0.2) is 5.13 Å². The lowest BCUT2D eigenvalue weighted by Gasteiger charge is -2.22. The van der Waals surface area contributed by atoms with Crippen LogP contribution in [-0.2, 0) is 6.54 Å². The molecule has 0 bridgehead atoms. The molecule has 7 heteroatoms. The summed E-state index contributed by atoms with van der Waals surface area (Å²) in [5, 5.41) is 9.82. The van der Waals surface area contributed by atoms with E-state index in [1.807, 2.05) is 19.1 Å². The molecule has 142 valence electrons. The van der Waals surface area contributed by atoms with Gasteiger partial charge in [0.05, 0.1) is 18.2 Å². The molecular weight excluding hydrogens is 388 g/mol. The van der Waals surface area contributed by atoms with Crippen LogP contribution in [0.25, 0.3) is 0 Å². The molecule has 0 fully saturated rings. The fraction of sp³-hybridized carbons (Fsp3) is 0.190. The second-order valence-electron chi connectivity index (χ2n) is 6.27. The first kappa shape index (κ1) is 19.9. The van der Waals surface area contributed by atoms with Gasteiger partial charge in [-0.3, -0.25) is 9.52 Å². The average molecular weight is 409 g/mol. The van der Waals surface area contributed by atoms with Gasteiger partial charge in [-0.25, -0.2) is 4.98 Å². The van der Waals surface area contributed by atoms with Crippen LogP contribution in [0.3, 0.4) is 0 Å². The first-order valence-electron chi connectivity index (χ1n) is 8.66. The number of nitrogens with one attached hydrogen (secondary N) is 1. The molecule has 0 aliphatic rings. The van der Waals surface area contributed by atoms with Crippen molar-refractivity contribution in [2.24, 2.45) is 0 Å². The molecule has 0 spiro atoms. The van der Waals surface area contributed by atoms with Crippen LogP contribution in [0.2, 0.25) is 0 Å².